The van der Waals surface area contributed by atoms with Crippen molar-refractivity contribution in [1.82, 2.24) is 15.2 Å². The van der Waals surface area contributed by atoms with Crippen molar-refractivity contribution in [3.8, 4) is 0 Å². The lowest BCUT2D eigenvalue weighted by atomic mass is 9.43. The number of nitrogens with zero attached hydrogens (tertiary/aromatic N) is 2. The van der Waals surface area contributed by atoms with Crippen molar-refractivity contribution in [3.05, 3.63) is 35.5 Å². The second-order valence-electron chi connectivity index (χ2n) is 17.3. The molecule has 0 unspecified atom stereocenters. The first kappa shape index (κ1) is 38.3. The van der Waals surface area contributed by atoms with Gasteiger partial charge >= 0.3 is 11.9 Å². The molecule has 4 aliphatic rings. The van der Waals surface area contributed by atoms with E-state index >= 15 is 0 Å². The molecule has 0 radical (unpaired) electrons. The second kappa shape index (κ2) is 15.9. The number of esters is 2. The van der Waals surface area contributed by atoms with Crippen LogP contribution in [0.1, 0.15) is 98.8 Å². The van der Waals surface area contributed by atoms with E-state index in [0.717, 1.165) is 87.6 Å². The number of hydrogen-bond acceptors (Lipinski definition) is 8. The summed E-state index contributed by atoms with van der Waals surface area (Å²) in [5.41, 5.74) is 2.03. The molecule has 51 heavy (non-hydrogen) atoms. The molecule has 0 amide bonds. The van der Waals surface area contributed by atoms with Crippen molar-refractivity contribution in [3.63, 3.8) is 0 Å². The van der Waals surface area contributed by atoms with Gasteiger partial charge < -0.3 is 25.0 Å². The number of anilines is 1. The van der Waals surface area contributed by atoms with Crippen LogP contribution in [-0.4, -0.2) is 73.8 Å². The zero-order valence-electron chi connectivity index (χ0n) is 32.2. The van der Waals surface area contributed by atoms with Crippen molar-refractivity contribution >= 4 is 40.1 Å². The maximum absolute atomic E-state index is 12.7. The first-order valence-corrected chi connectivity index (χ1v) is 20.2. The Bertz CT molecular complexity index is 1540. The minimum Gasteiger partial charge on any atom is -0.462 e. The fourth-order valence-corrected chi connectivity index (χ4v) is 12.0. The average molecular weight is 723 g/mol. The second-order valence-corrected chi connectivity index (χ2v) is 17.8. The van der Waals surface area contributed by atoms with Crippen LogP contribution in [0.3, 0.4) is 0 Å². The van der Waals surface area contributed by atoms with Gasteiger partial charge in [-0.3, -0.25) is 14.6 Å². The van der Waals surface area contributed by atoms with Crippen molar-refractivity contribution in [2.75, 3.05) is 39.0 Å². The van der Waals surface area contributed by atoms with Crippen LogP contribution in [0.4, 0.5) is 5.69 Å². The summed E-state index contributed by atoms with van der Waals surface area (Å²) >= 11 is 6.15. The largest absolute Gasteiger partial charge is 0.462 e. The minimum atomic E-state index is -0.165. The Hall–Kier alpha value is -2.42. The molecule has 0 saturated heterocycles. The van der Waals surface area contributed by atoms with E-state index in [2.05, 4.69) is 55.4 Å². The van der Waals surface area contributed by atoms with E-state index in [1.807, 2.05) is 30.5 Å². The highest BCUT2D eigenvalue weighted by Crippen LogP contribution is 2.69. The summed E-state index contributed by atoms with van der Waals surface area (Å²) < 4.78 is 12.7. The predicted octanol–water partition coefficient (Wildman–Crippen LogP) is 8.37. The highest BCUT2D eigenvalue weighted by Gasteiger charge is 2.67. The first-order chi connectivity index (χ1) is 24.3. The number of pyridine rings is 1. The van der Waals surface area contributed by atoms with Gasteiger partial charge in [0.1, 0.15) is 12.2 Å². The van der Waals surface area contributed by atoms with E-state index in [0.29, 0.717) is 46.6 Å². The molecule has 1 aromatic heterocycles. The summed E-state index contributed by atoms with van der Waals surface area (Å²) in [6, 6.07) is 8.43. The van der Waals surface area contributed by atoms with Gasteiger partial charge in [0.05, 0.1) is 5.52 Å². The zero-order valence-corrected chi connectivity index (χ0v) is 32.9. The zero-order chi connectivity index (χ0) is 36.5. The van der Waals surface area contributed by atoms with Crippen LogP contribution >= 0.6 is 11.6 Å². The van der Waals surface area contributed by atoms with E-state index in [1.165, 1.54) is 12.8 Å². The van der Waals surface area contributed by atoms with E-state index in [4.69, 9.17) is 21.1 Å². The van der Waals surface area contributed by atoms with Crippen molar-refractivity contribution in [2.24, 2.45) is 46.3 Å². The molecule has 4 fully saturated rings. The summed E-state index contributed by atoms with van der Waals surface area (Å²) in [4.78, 5) is 32.1. The fraction of sp³-hybridized carbons (Fsp3) is 0.738. The number of benzene rings is 1. The minimum absolute atomic E-state index is 0.0578. The van der Waals surface area contributed by atoms with Crippen LogP contribution in [-0.2, 0) is 19.1 Å². The number of carbonyl (C=O) groups is 2. The van der Waals surface area contributed by atoms with E-state index in [-0.39, 0.29) is 35.0 Å². The molecule has 4 aliphatic carbocycles. The molecule has 282 valence electrons. The summed E-state index contributed by atoms with van der Waals surface area (Å²) in [6.45, 7) is 13.4. The van der Waals surface area contributed by atoms with E-state index < -0.39 is 0 Å². The molecule has 8 nitrogen and oxygen atoms in total. The Morgan fingerprint density at radius 1 is 0.980 bits per heavy atom. The van der Waals surface area contributed by atoms with E-state index in [1.54, 1.807) is 13.8 Å². The third-order valence-electron chi connectivity index (χ3n) is 14.4. The average Bonchev–Trinajstić information content (AvgIpc) is 3.43. The number of rotatable bonds is 13. The van der Waals surface area contributed by atoms with E-state index in [9.17, 15) is 9.59 Å². The summed E-state index contributed by atoms with van der Waals surface area (Å²) in [6.07, 6.45) is 12.6. The van der Waals surface area contributed by atoms with Crippen LogP contribution in [0, 0.1) is 46.3 Å². The maximum Gasteiger partial charge on any atom is 0.302 e. The normalized spacial score (nSPS) is 35.1. The molecule has 2 N–H and O–H groups in total. The van der Waals surface area contributed by atoms with Crippen LogP contribution in [0.5, 0.6) is 0 Å². The van der Waals surface area contributed by atoms with Gasteiger partial charge in [0, 0.05) is 60.1 Å². The van der Waals surface area contributed by atoms with Crippen LogP contribution < -0.4 is 10.6 Å². The van der Waals surface area contributed by atoms with Gasteiger partial charge in [-0.1, -0.05) is 32.4 Å². The lowest BCUT2D eigenvalue weighted by Crippen LogP contribution is -2.63. The summed E-state index contributed by atoms with van der Waals surface area (Å²) in [7, 11) is 4.39. The third-order valence-corrected chi connectivity index (χ3v) is 14.6. The van der Waals surface area contributed by atoms with Gasteiger partial charge in [0.2, 0.25) is 0 Å². The molecule has 0 spiro atoms. The molecule has 2 aromatic rings. The molecular weight excluding hydrogens is 660 g/mol. The fourth-order valence-electron chi connectivity index (χ4n) is 11.8. The SMILES string of the molecule is CC(=O)O[C@H]1C[C@H]2[C@@H]([C@H](OC(C)=O)C[C@@H]3C[C@H](N(C)C)CC[C@@]32C)[C@@H]2CC[C@H]([C@H](C)CCCNCCCNc3ccnc4cc(Cl)ccc34)[C@@]12C. The lowest BCUT2D eigenvalue weighted by Gasteiger charge is -2.64. The molecule has 11 atom stereocenters. The number of nitrogens with one attached hydrogen (secondary N) is 2. The summed E-state index contributed by atoms with van der Waals surface area (Å²) in [5.74, 6) is 2.24. The standard InChI is InChI=1S/C42H63ClN4O4/c1-26(10-8-18-44-19-9-20-45-36-16-21-46-37-24-30(43)11-12-32(36)37)33-13-14-34-40-35(25-39(42(33,34)5)51-28(3)49)41(4)17-15-31(47(6)7)22-29(41)23-38(40)50-27(2)48/h11-12,16,21,24,26,29,31,33-35,38-40,44H,8-10,13-15,17-20,22-23,25H2,1-7H3,(H,45,46)/t26-,29+,31-,33-,34+,35+,38-,39+,40+,41+,42-/m1/s1. The van der Waals surface area contributed by atoms with Gasteiger partial charge in [-0.05, 0) is 151 Å². The smallest absolute Gasteiger partial charge is 0.302 e. The molecule has 9 heteroatoms. The third kappa shape index (κ3) is 7.80. The topological polar surface area (TPSA) is 92.8 Å². The number of ether oxygens (including phenoxy) is 2. The predicted molar refractivity (Wildman–Crippen MR) is 206 cm³/mol. The monoisotopic (exact) mass is 722 g/mol. The quantitative estimate of drug-likeness (QED) is 0.157. The number of fused-ring (bicyclic) bond motifs is 6. The Morgan fingerprint density at radius 3 is 2.49 bits per heavy atom. The van der Waals surface area contributed by atoms with Gasteiger partial charge in [-0.25, -0.2) is 0 Å². The van der Waals surface area contributed by atoms with Crippen molar-refractivity contribution in [2.45, 2.75) is 117 Å². The molecule has 0 aliphatic heterocycles. The Morgan fingerprint density at radius 2 is 1.75 bits per heavy atom. The van der Waals surface area contributed by atoms with Crippen molar-refractivity contribution < 1.29 is 19.1 Å². The maximum atomic E-state index is 12.7. The van der Waals surface area contributed by atoms with Crippen LogP contribution in [0.15, 0.2) is 30.5 Å². The Balaban J connectivity index is 1.07. The highest BCUT2D eigenvalue weighted by molar-refractivity contribution is 6.31. The van der Waals surface area contributed by atoms with Crippen LogP contribution in [0.25, 0.3) is 10.9 Å². The van der Waals surface area contributed by atoms with Gasteiger partial charge in [-0.2, -0.15) is 0 Å². The first-order valence-electron chi connectivity index (χ1n) is 19.8. The highest BCUT2D eigenvalue weighted by atomic mass is 35.5. The molecule has 4 saturated carbocycles. The van der Waals surface area contributed by atoms with Crippen molar-refractivity contribution in [1.29, 1.82) is 0 Å². The number of halogens is 1. The molecule has 1 heterocycles. The summed E-state index contributed by atoms with van der Waals surface area (Å²) in [5, 5.41) is 9.03. The van der Waals surface area contributed by atoms with Gasteiger partial charge in [0.25, 0.3) is 0 Å². The molecule has 0 bridgehead atoms. The lowest BCUT2D eigenvalue weighted by molar-refractivity contribution is -0.222. The number of carbonyl (C=O) groups excluding carboxylic acids is 2. The number of hydrogen-bond donors (Lipinski definition) is 2. The van der Waals surface area contributed by atoms with Crippen LogP contribution in [0.2, 0.25) is 5.02 Å². The molecule has 6 rings (SSSR count). The molecule has 1 aromatic carbocycles. The van der Waals surface area contributed by atoms with Gasteiger partial charge in [0.15, 0.2) is 0 Å². The van der Waals surface area contributed by atoms with Gasteiger partial charge in [-0.15, -0.1) is 0 Å². The Kier molecular flexibility index (Phi) is 11.9. The Labute approximate surface area is 311 Å². The number of aromatic nitrogens is 1. The molecular formula is C42H63ClN4O4.